The van der Waals surface area contributed by atoms with Gasteiger partial charge in [0, 0.05) is 24.5 Å². The molecule has 0 radical (unpaired) electrons. The maximum atomic E-state index is 12.2. The average molecular weight is 236 g/mol. The molecule has 2 N–H and O–H groups in total. The number of hydrogen-bond donors (Lipinski definition) is 1. The Hall–Kier alpha value is -0.570. The molecule has 2 heterocycles. The second-order valence-corrected chi connectivity index (χ2v) is 6.31. The van der Waals surface area contributed by atoms with E-state index in [9.17, 15) is 4.79 Å². The maximum absolute atomic E-state index is 12.2. The summed E-state index contributed by atoms with van der Waals surface area (Å²) in [6.45, 7) is 3.31. The molecule has 0 bridgehead atoms. The van der Waals surface area contributed by atoms with Gasteiger partial charge in [-0.25, -0.2) is 0 Å². The Bertz CT molecular complexity index is 330. The van der Waals surface area contributed by atoms with Crippen LogP contribution in [0.5, 0.6) is 0 Å². The quantitative estimate of drug-likeness (QED) is 0.698. The van der Waals surface area contributed by atoms with Gasteiger partial charge in [0.15, 0.2) is 0 Å². The van der Waals surface area contributed by atoms with Crippen molar-refractivity contribution < 1.29 is 4.79 Å². The molecule has 2 saturated heterocycles. The molecule has 0 aromatic heterocycles. The fourth-order valence-electron chi connectivity index (χ4n) is 4.71. The summed E-state index contributed by atoms with van der Waals surface area (Å²) in [5.41, 5.74) is 6.44. The van der Waals surface area contributed by atoms with Crippen LogP contribution in [0.1, 0.15) is 51.9 Å². The summed E-state index contributed by atoms with van der Waals surface area (Å²) in [4.78, 5) is 14.5. The Balaban J connectivity index is 1.98. The fraction of sp³-hybridized carbons (Fsp3) is 0.929. The molecule has 3 aliphatic rings. The van der Waals surface area contributed by atoms with Crippen molar-refractivity contribution in [3.8, 4) is 0 Å². The molecule has 3 nitrogen and oxygen atoms in total. The summed E-state index contributed by atoms with van der Waals surface area (Å²) in [7, 11) is 0. The standard InChI is InChI=1S/C14H24N2O/c1-10-11-4-2-5-13(17)16-9-3-7-14(11,16)8-6-12(10)15/h10-12H,2-9,15H2,1H3/t10-,11+,12-,14-/m1/s1. The van der Waals surface area contributed by atoms with E-state index in [0.717, 1.165) is 32.2 Å². The molecular formula is C14H24N2O. The van der Waals surface area contributed by atoms with E-state index in [1.165, 1.54) is 19.3 Å². The van der Waals surface area contributed by atoms with Gasteiger partial charge in [0.1, 0.15) is 0 Å². The highest BCUT2D eigenvalue weighted by Crippen LogP contribution is 2.51. The van der Waals surface area contributed by atoms with Crippen LogP contribution >= 0.6 is 0 Å². The second-order valence-electron chi connectivity index (χ2n) is 6.31. The van der Waals surface area contributed by atoms with Gasteiger partial charge in [-0.3, -0.25) is 4.79 Å². The van der Waals surface area contributed by atoms with Crippen molar-refractivity contribution in [2.45, 2.75) is 63.5 Å². The SMILES string of the molecule is C[C@H]1[C@H](N)CC[C@@]23CCCN2C(=O)CCC[C@@H]13. The second kappa shape index (κ2) is 3.98. The molecule has 1 saturated carbocycles. The van der Waals surface area contributed by atoms with E-state index in [1.54, 1.807) is 0 Å². The number of hydrogen-bond acceptors (Lipinski definition) is 2. The van der Waals surface area contributed by atoms with E-state index in [2.05, 4.69) is 11.8 Å². The largest absolute Gasteiger partial charge is 0.337 e. The lowest BCUT2D eigenvalue weighted by Crippen LogP contribution is -2.58. The van der Waals surface area contributed by atoms with Crippen LogP contribution in [-0.4, -0.2) is 28.9 Å². The normalized spacial score (nSPS) is 46.4. The van der Waals surface area contributed by atoms with Gasteiger partial charge in [-0.15, -0.1) is 0 Å². The third-order valence-electron chi connectivity index (χ3n) is 5.65. The van der Waals surface area contributed by atoms with E-state index in [1.807, 2.05) is 0 Å². The Morgan fingerprint density at radius 3 is 2.94 bits per heavy atom. The molecule has 1 spiro atoms. The molecule has 3 rings (SSSR count). The Morgan fingerprint density at radius 1 is 1.29 bits per heavy atom. The Kier molecular flexibility index (Phi) is 2.69. The van der Waals surface area contributed by atoms with E-state index < -0.39 is 0 Å². The van der Waals surface area contributed by atoms with E-state index in [-0.39, 0.29) is 5.54 Å². The zero-order valence-corrected chi connectivity index (χ0v) is 10.8. The zero-order valence-electron chi connectivity index (χ0n) is 10.8. The zero-order chi connectivity index (χ0) is 12.0. The maximum Gasteiger partial charge on any atom is 0.223 e. The summed E-state index contributed by atoms with van der Waals surface area (Å²) in [6, 6.07) is 0.348. The minimum Gasteiger partial charge on any atom is -0.337 e. The lowest BCUT2D eigenvalue weighted by Gasteiger charge is -2.51. The molecule has 0 aromatic rings. The molecule has 0 unspecified atom stereocenters. The van der Waals surface area contributed by atoms with Gasteiger partial charge in [-0.05, 0) is 50.4 Å². The lowest BCUT2D eigenvalue weighted by atomic mass is 9.63. The molecule has 3 heteroatoms. The van der Waals surface area contributed by atoms with Crippen LogP contribution in [0.15, 0.2) is 0 Å². The van der Waals surface area contributed by atoms with Crippen LogP contribution in [0.4, 0.5) is 0 Å². The summed E-state index contributed by atoms with van der Waals surface area (Å²) in [6.07, 6.45) is 7.71. The van der Waals surface area contributed by atoms with Gasteiger partial charge < -0.3 is 10.6 Å². The van der Waals surface area contributed by atoms with Gasteiger partial charge >= 0.3 is 0 Å². The number of carbonyl (C=O) groups is 1. The highest BCUT2D eigenvalue weighted by atomic mass is 16.2. The number of nitrogens with two attached hydrogens (primary N) is 1. The minimum atomic E-state index is 0.197. The molecule has 2 aliphatic heterocycles. The third kappa shape index (κ3) is 1.55. The van der Waals surface area contributed by atoms with Crippen molar-refractivity contribution in [1.82, 2.24) is 4.90 Å². The van der Waals surface area contributed by atoms with Crippen LogP contribution in [0, 0.1) is 11.8 Å². The van der Waals surface area contributed by atoms with Crippen LogP contribution in [-0.2, 0) is 4.79 Å². The van der Waals surface area contributed by atoms with Crippen molar-refractivity contribution >= 4 is 5.91 Å². The molecular weight excluding hydrogens is 212 g/mol. The van der Waals surface area contributed by atoms with Gasteiger partial charge in [0.25, 0.3) is 0 Å². The summed E-state index contributed by atoms with van der Waals surface area (Å²) in [5.74, 6) is 1.64. The number of nitrogens with zero attached hydrogens (tertiary/aromatic N) is 1. The molecule has 1 aliphatic carbocycles. The number of rotatable bonds is 0. The van der Waals surface area contributed by atoms with Gasteiger partial charge in [0.05, 0.1) is 0 Å². The van der Waals surface area contributed by atoms with Crippen LogP contribution in [0.3, 0.4) is 0 Å². The summed E-state index contributed by atoms with van der Waals surface area (Å²) in [5, 5.41) is 0. The van der Waals surface area contributed by atoms with Crippen molar-refractivity contribution in [2.75, 3.05) is 6.54 Å². The average Bonchev–Trinajstić information content (AvgIpc) is 2.68. The smallest absolute Gasteiger partial charge is 0.223 e. The molecule has 0 aromatic carbocycles. The molecule has 96 valence electrons. The lowest BCUT2D eigenvalue weighted by molar-refractivity contribution is -0.138. The summed E-state index contributed by atoms with van der Waals surface area (Å²) >= 11 is 0. The van der Waals surface area contributed by atoms with Crippen molar-refractivity contribution in [3.05, 3.63) is 0 Å². The van der Waals surface area contributed by atoms with Gasteiger partial charge in [-0.2, -0.15) is 0 Å². The minimum absolute atomic E-state index is 0.197. The first-order chi connectivity index (χ1) is 8.15. The van der Waals surface area contributed by atoms with Crippen LogP contribution in [0.2, 0.25) is 0 Å². The van der Waals surface area contributed by atoms with Gasteiger partial charge in [0.2, 0.25) is 5.91 Å². The monoisotopic (exact) mass is 236 g/mol. The van der Waals surface area contributed by atoms with E-state index in [4.69, 9.17) is 5.73 Å². The number of amides is 1. The predicted octanol–water partition coefficient (Wildman–Crippen LogP) is 1.90. The molecule has 17 heavy (non-hydrogen) atoms. The van der Waals surface area contributed by atoms with Gasteiger partial charge in [-0.1, -0.05) is 6.92 Å². The third-order valence-corrected chi connectivity index (χ3v) is 5.65. The number of carbonyl (C=O) groups excluding carboxylic acids is 1. The first kappa shape index (κ1) is 11.5. The first-order valence-electron chi connectivity index (χ1n) is 7.21. The highest BCUT2D eigenvalue weighted by molar-refractivity contribution is 5.78. The highest BCUT2D eigenvalue weighted by Gasteiger charge is 2.54. The molecule has 3 fully saturated rings. The Labute approximate surface area is 104 Å². The fourth-order valence-corrected chi connectivity index (χ4v) is 4.71. The molecule has 1 amide bonds. The van der Waals surface area contributed by atoms with Crippen LogP contribution < -0.4 is 5.73 Å². The topological polar surface area (TPSA) is 46.3 Å². The van der Waals surface area contributed by atoms with Crippen molar-refractivity contribution in [1.29, 1.82) is 0 Å². The first-order valence-corrected chi connectivity index (χ1v) is 7.21. The van der Waals surface area contributed by atoms with Crippen LogP contribution in [0.25, 0.3) is 0 Å². The summed E-state index contributed by atoms with van der Waals surface area (Å²) < 4.78 is 0. The van der Waals surface area contributed by atoms with E-state index >= 15 is 0 Å². The van der Waals surface area contributed by atoms with Crippen molar-refractivity contribution in [2.24, 2.45) is 17.6 Å². The van der Waals surface area contributed by atoms with Crippen molar-refractivity contribution in [3.63, 3.8) is 0 Å². The van der Waals surface area contributed by atoms with E-state index in [0.29, 0.717) is 23.8 Å². The Morgan fingerprint density at radius 2 is 2.12 bits per heavy atom. The predicted molar refractivity (Wildman–Crippen MR) is 67.4 cm³/mol. The molecule has 4 atom stereocenters.